The Bertz CT molecular complexity index is 982. The molecular weight excluding hydrogens is 410 g/mol. The number of hydrogen-bond donors (Lipinski definition) is 2. The molecule has 1 atom stereocenters. The van der Waals surface area contributed by atoms with Gasteiger partial charge in [0.25, 0.3) is 0 Å². The van der Waals surface area contributed by atoms with E-state index in [4.69, 9.17) is 0 Å². The van der Waals surface area contributed by atoms with Crippen LogP contribution in [0.15, 0.2) is 53.4 Å². The Morgan fingerprint density at radius 3 is 2.42 bits per heavy atom. The van der Waals surface area contributed by atoms with E-state index in [2.05, 4.69) is 24.5 Å². The van der Waals surface area contributed by atoms with E-state index in [-0.39, 0.29) is 23.6 Å². The summed E-state index contributed by atoms with van der Waals surface area (Å²) in [6.07, 6.45) is 1.19. The van der Waals surface area contributed by atoms with Crippen molar-refractivity contribution in [2.24, 2.45) is 5.92 Å². The van der Waals surface area contributed by atoms with E-state index >= 15 is 0 Å². The Labute approximate surface area is 186 Å². The minimum Gasteiger partial charge on any atom is -0.341 e. The molecule has 2 aliphatic heterocycles. The molecule has 31 heavy (non-hydrogen) atoms. The van der Waals surface area contributed by atoms with Gasteiger partial charge < -0.3 is 15.5 Å². The fourth-order valence-corrected chi connectivity index (χ4v) is 5.01. The van der Waals surface area contributed by atoms with E-state index in [1.807, 2.05) is 48.5 Å². The van der Waals surface area contributed by atoms with Gasteiger partial charge in [0.15, 0.2) is 5.25 Å². The Hall–Kier alpha value is -2.80. The molecule has 1 saturated heterocycles. The van der Waals surface area contributed by atoms with Crippen LogP contribution in [0.2, 0.25) is 0 Å². The van der Waals surface area contributed by atoms with Crippen molar-refractivity contribution in [2.75, 3.05) is 23.7 Å². The van der Waals surface area contributed by atoms with Gasteiger partial charge in [-0.15, -0.1) is 11.8 Å². The zero-order valence-corrected chi connectivity index (χ0v) is 18.6. The van der Waals surface area contributed by atoms with Crippen LogP contribution in [0.1, 0.15) is 38.2 Å². The highest BCUT2D eigenvalue weighted by atomic mass is 32.2. The van der Waals surface area contributed by atoms with E-state index in [1.54, 1.807) is 4.90 Å². The molecule has 2 N–H and O–H groups in total. The Kier molecular flexibility index (Phi) is 6.32. The maximum atomic E-state index is 13.0. The number of fused-ring (bicyclic) bond motifs is 1. The van der Waals surface area contributed by atoms with Crippen LogP contribution in [-0.4, -0.2) is 41.0 Å². The van der Waals surface area contributed by atoms with Gasteiger partial charge in [-0.25, -0.2) is 0 Å². The molecule has 0 saturated carbocycles. The highest BCUT2D eigenvalue weighted by molar-refractivity contribution is 8.01. The zero-order valence-electron chi connectivity index (χ0n) is 17.8. The van der Waals surface area contributed by atoms with Crippen molar-refractivity contribution in [1.29, 1.82) is 0 Å². The van der Waals surface area contributed by atoms with Gasteiger partial charge in [0, 0.05) is 29.6 Å². The van der Waals surface area contributed by atoms with Crippen LogP contribution in [0.25, 0.3) is 0 Å². The number of benzene rings is 2. The number of carbonyl (C=O) groups excluding carboxylic acids is 3. The molecule has 162 valence electrons. The molecule has 1 fully saturated rings. The predicted octanol–water partition coefficient (Wildman–Crippen LogP) is 4.10. The van der Waals surface area contributed by atoms with Gasteiger partial charge in [-0.3, -0.25) is 14.4 Å². The second kappa shape index (κ2) is 9.14. The smallest absolute Gasteiger partial charge is 0.247 e. The summed E-state index contributed by atoms with van der Waals surface area (Å²) in [5.74, 6) is -0.159. The minimum atomic E-state index is -0.778. The maximum Gasteiger partial charge on any atom is 0.247 e. The lowest BCUT2D eigenvalue weighted by molar-refractivity contribution is -0.136. The standard InChI is InChI=1S/C24H27N3O3S/c1-15(2)16-7-9-18(10-8-16)25-22(28)17-11-13-27(14-12-17)24(30)21-23(29)26-19-5-3-4-6-20(19)31-21/h3-10,15,17,21H,11-14H2,1-2H3,(H,25,28)(H,26,29)/t21-/m0/s1. The maximum absolute atomic E-state index is 13.0. The summed E-state index contributed by atoms with van der Waals surface area (Å²) in [6.45, 7) is 5.23. The quantitative estimate of drug-likeness (QED) is 0.706. The van der Waals surface area contributed by atoms with Gasteiger partial charge in [0.05, 0.1) is 5.69 Å². The predicted molar refractivity (Wildman–Crippen MR) is 123 cm³/mol. The summed E-state index contributed by atoms with van der Waals surface area (Å²) in [7, 11) is 0. The first-order valence-corrected chi connectivity index (χ1v) is 11.6. The molecule has 2 heterocycles. The van der Waals surface area contributed by atoms with E-state index in [0.717, 1.165) is 16.3 Å². The van der Waals surface area contributed by atoms with Gasteiger partial charge in [-0.1, -0.05) is 38.1 Å². The van der Waals surface area contributed by atoms with Crippen LogP contribution in [-0.2, 0) is 14.4 Å². The third-order valence-electron chi connectivity index (χ3n) is 5.87. The van der Waals surface area contributed by atoms with Crippen LogP contribution in [0, 0.1) is 5.92 Å². The van der Waals surface area contributed by atoms with Crippen molar-refractivity contribution < 1.29 is 14.4 Å². The Morgan fingerprint density at radius 2 is 1.74 bits per heavy atom. The van der Waals surface area contributed by atoms with Gasteiger partial charge in [-0.05, 0) is 48.6 Å². The molecule has 4 rings (SSSR count). The van der Waals surface area contributed by atoms with E-state index < -0.39 is 5.25 Å². The monoisotopic (exact) mass is 437 g/mol. The van der Waals surface area contributed by atoms with Crippen LogP contribution in [0.4, 0.5) is 11.4 Å². The first-order chi connectivity index (χ1) is 14.9. The second-order valence-corrected chi connectivity index (χ2v) is 9.50. The van der Waals surface area contributed by atoms with Crippen molar-refractivity contribution in [3.05, 3.63) is 54.1 Å². The number of carbonyl (C=O) groups is 3. The van der Waals surface area contributed by atoms with Gasteiger partial charge in [0.2, 0.25) is 17.7 Å². The molecule has 0 aromatic heterocycles. The highest BCUT2D eigenvalue weighted by Gasteiger charge is 2.37. The number of likely N-dealkylation sites (tertiary alicyclic amines) is 1. The van der Waals surface area contributed by atoms with Crippen molar-refractivity contribution >= 4 is 40.9 Å². The number of hydrogen-bond acceptors (Lipinski definition) is 4. The normalized spacial score (nSPS) is 19.0. The number of amides is 3. The van der Waals surface area contributed by atoms with Gasteiger partial charge >= 0.3 is 0 Å². The summed E-state index contributed by atoms with van der Waals surface area (Å²) < 4.78 is 0. The summed E-state index contributed by atoms with van der Waals surface area (Å²) >= 11 is 1.30. The molecule has 2 aromatic carbocycles. The summed E-state index contributed by atoms with van der Waals surface area (Å²) in [5, 5.41) is 5.04. The SMILES string of the molecule is CC(C)c1ccc(NC(=O)C2CCN(C(=O)[C@H]3Sc4ccccc4NC3=O)CC2)cc1. The summed E-state index contributed by atoms with van der Waals surface area (Å²) in [6, 6.07) is 15.4. The lowest BCUT2D eigenvalue weighted by Gasteiger charge is -2.34. The lowest BCUT2D eigenvalue weighted by atomic mass is 9.95. The van der Waals surface area contributed by atoms with Crippen molar-refractivity contribution in [2.45, 2.75) is 42.8 Å². The summed E-state index contributed by atoms with van der Waals surface area (Å²) in [5.41, 5.74) is 2.78. The van der Waals surface area contributed by atoms with Crippen LogP contribution in [0.3, 0.4) is 0 Å². The average molecular weight is 438 g/mol. The lowest BCUT2D eigenvalue weighted by Crippen LogP contribution is -2.48. The Morgan fingerprint density at radius 1 is 1.06 bits per heavy atom. The van der Waals surface area contributed by atoms with E-state index in [1.165, 1.54) is 17.3 Å². The van der Waals surface area contributed by atoms with Crippen molar-refractivity contribution in [3.8, 4) is 0 Å². The number of para-hydroxylation sites is 1. The minimum absolute atomic E-state index is 0.0110. The molecule has 2 aliphatic rings. The number of nitrogens with one attached hydrogen (secondary N) is 2. The molecule has 3 amide bonds. The molecule has 0 spiro atoms. The fourth-order valence-electron chi connectivity index (χ4n) is 3.94. The largest absolute Gasteiger partial charge is 0.341 e. The first kappa shape index (κ1) is 21.4. The zero-order chi connectivity index (χ0) is 22.0. The molecule has 2 aromatic rings. The summed E-state index contributed by atoms with van der Waals surface area (Å²) in [4.78, 5) is 40.7. The molecule has 7 heteroatoms. The van der Waals surface area contributed by atoms with Crippen LogP contribution >= 0.6 is 11.8 Å². The fraction of sp³-hybridized carbons (Fsp3) is 0.375. The number of thioether (sulfide) groups is 1. The second-order valence-electron chi connectivity index (χ2n) is 8.35. The molecule has 6 nitrogen and oxygen atoms in total. The first-order valence-electron chi connectivity index (χ1n) is 10.7. The molecule has 0 bridgehead atoms. The van der Waals surface area contributed by atoms with Gasteiger partial charge in [0.1, 0.15) is 0 Å². The molecule has 0 aliphatic carbocycles. The number of anilines is 2. The van der Waals surface area contributed by atoms with E-state index in [0.29, 0.717) is 31.8 Å². The number of nitrogens with zero attached hydrogens (tertiary/aromatic N) is 1. The third-order valence-corrected chi connectivity index (χ3v) is 7.14. The van der Waals surface area contributed by atoms with Crippen molar-refractivity contribution in [3.63, 3.8) is 0 Å². The van der Waals surface area contributed by atoms with Crippen LogP contribution in [0.5, 0.6) is 0 Å². The number of rotatable bonds is 4. The topological polar surface area (TPSA) is 78.5 Å². The Balaban J connectivity index is 1.31. The van der Waals surface area contributed by atoms with Crippen molar-refractivity contribution in [1.82, 2.24) is 4.90 Å². The van der Waals surface area contributed by atoms with E-state index in [9.17, 15) is 14.4 Å². The van der Waals surface area contributed by atoms with Gasteiger partial charge in [-0.2, -0.15) is 0 Å². The average Bonchev–Trinajstić information content (AvgIpc) is 2.78. The highest BCUT2D eigenvalue weighted by Crippen LogP contribution is 2.36. The third kappa shape index (κ3) is 4.77. The van der Waals surface area contributed by atoms with Crippen LogP contribution < -0.4 is 10.6 Å². The number of piperidine rings is 1. The molecular formula is C24H27N3O3S. The molecule has 0 unspecified atom stereocenters. The molecule has 0 radical (unpaired) electrons.